The highest BCUT2D eigenvalue weighted by atomic mass is 35.5. The summed E-state index contributed by atoms with van der Waals surface area (Å²) in [6.07, 6.45) is 1.85. The van der Waals surface area contributed by atoms with Gasteiger partial charge in [0.05, 0.1) is 30.0 Å². The first-order valence-corrected chi connectivity index (χ1v) is 6.56. The van der Waals surface area contributed by atoms with Gasteiger partial charge >= 0.3 is 0 Å². The molecule has 0 nitrogen and oxygen atoms in total. The van der Waals surface area contributed by atoms with Crippen molar-refractivity contribution in [3.63, 3.8) is 0 Å². The fraction of sp³-hybridized carbons (Fsp3) is 0.111. The normalized spacial score (nSPS) is 11.3. The van der Waals surface area contributed by atoms with E-state index in [0.29, 0.717) is 14.9 Å². The Kier molecular flexibility index (Phi) is 5.44. The largest absolute Gasteiger partial charge is 0.0952 e. The number of rotatable bonds is 2. The zero-order valence-corrected chi connectivity index (χ0v) is 12.0. The predicted octanol–water partition coefficient (Wildman–Crippen LogP) is 6.58. The number of halogens is 5. The van der Waals surface area contributed by atoms with Gasteiger partial charge in [0.1, 0.15) is 0 Å². The molecule has 0 spiro atoms. The summed E-state index contributed by atoms with van der Waals surface area (Å²) in [6, 6.07) is 0. The molecule has 0 unspecified atom stereocenters. The Bertz CT molecular complexity index is 384. The smallest absolute Gasteiger partial charge is 0.0809 e. The number of allylic oxidation sites excluding steroid dienone is 1. The van der Waals surface area contributed by atoms with Crippen LogP contribution in [-0.4, -0.2) is 0 Å². The molecule has 82 valence electrons. The first-order chi connectivity index (χ1) is 7.00. The summed E-state index contributed by atoms with van der Waals surface area (Å²) in [5.74, 6) is 0. The van der Waals surface area contributed by atoms with E-state index in [9.17, 15) is 0 Å². The Balaban J connectivity index is 3.38. The van der Waals surface area contributed by atoms with Crippen LogP contribution in [0.3, 0.4) is 0 Å². The van der Waals surface area contributed by atoms with Crippen molar-refractivity contribution in [2.75, 3.05) is 0 Å². The Morgan fingerprint density at radius 1 is 0.800 bits per heavy atom. The van der Waals surface area contributed by atoms with Gasteiger partial charge in [-0.3, -0.25) is 0 Å². The molecule has 0 saturated carbocycles. The molecule has 0 aliphatic carbocycles. The Hall–Kier alpha value is 0.760. The maximum Gasteiger partial charge on any atom is 0.0809 e. The molecule has 0 bridgehead atoms. The van der Waals surface area contributed by atoms with Crippen LogP contribution in [0, 0.1) is 0 Å². The molecular formula is C9H5Cl5S. The van der Waals surface area contributed by atoms with Gasteiger partial charge in [-0.15, -0.1) is 0 Å². The summed E-state index contributed by atoms with van der Waals surface area (Å²) >= 11 is 31.0. The molecule has 6 heteroatoms. The van der Waals surface area contributed by atoms with Gasteiger partial charge in [0, 0.05) is 0 Å². The number of hydrogen-bond donors (Lipinski definition) is 0. The fourth-order valence-electron chi connectivity index (χ4n) is 0.824. The van der Waals surface area contributed by atoms with Gasteiger partial charge in [-0.2, -0.15) is 0 Å². The number of benzene rings is 1. The van der Waals surface area contributed by atoms with Crippen LogP contribution in [-0.2, 0) is 0 Å². The third-order valence-corrected chi connectivity index (χ3v) is 5.04. The molecule has 0 saturated heterocycles. The van der Waals surface area contributed by atoms with E-state index in [1.807, 2.05) is 18.4 Å². The van der Waals surface area contributed by atoms with Crippen LogP contribution in [0.4, 0.5) is 0 Å². The topological polar surface area (TPSA) is 0 Å². The van der Waals surface area contributed by atoms with Crippen LogP contribution in [0.25, 0.3) is 0 Å². The minimum absolute atomic E-state index is 0.179. The highest BCUT2D eigenvalue weighted by Crippen LogP contribution is 2.47. The first kappa shape index (κ1) is 13.8. The van der Waals surface area contributed by atoms with Crippen LogP contribution in [0.1, 0.15) is 6.92 Å². The van der Waals surface area contributed by atoms with Gasteiger partial charge in [-0.05, 0) is 12.3 Å². The van der Waals surface area contributed by atoms with Crippen molar-refractivity contribution in [3.8, 4) is 0 Å². The van der Waals surface area contributed by atoms with Gasteiger partial charge in [-0.1, -0.05) is 75.8 Å². The second-order valence-corrected chi connectivity index (χ2v) is 5.29. The lowest BCUT2D eigenvalue weighted by Crippen LogP contribution is -1.82. The van der Waals surface area contributed by atoms with Crippen molar-refractivity contribution < 1.29 is 0 Å². The van der Waals surface area contributed by atoms with Gasteiger partial charge in [0.2, 0.25) is 0 Å². The molecule has 1 rings (SSSR count). The number of thioether (sulfide) groups is 1. The molecule has 1 aromatic rings. The molecule has 1 aromatic carbocycles. The van der Waals surface area contributed by atoms with Gasteiger partial charge < -0.3 is 0 Å². The van der Waals surface area contributed by atoms with Crippen molar-refractivity contribution in [1.82, 2.24) is 0 Å². The Morgan fingerprint density at radius 2 is 1.20 bits per heavy atom. The van der Waals surface area contributed by atoms with Gasteiger partial charge in [-0.25, -0.2) is 0 Å². The average Bonchev–Trinajstić information content (AvgIpc) is 2.24. The summed E-state index contributed by atoms with van der Waals surface area (Å²) in [4.78, 5) is 0.607. The quantitative estimate of drug-likeness (QED) is 0.337. The zero-order chi connectivity index (χ0) is 11.6. The average molecular weight is 322 g/mol. The van der Waals surface area contributed by atoms with Crippen LogP contribution < -0.4 is 0 Å². The van der Waals surface area contributed by atoms with E-state index in [1.165, 1.54) is 11.8 Å². The van der Waals surface area contributed by atoms with E-state index in [1.54, 1.807) is 0 Å². The molecule has 0 aromatic heterocycles. The first-order valence-electron chi connectivity index (χ1n) is 3.80. The molecule has 0 aliphatic heterocycles. The molecular weight excluding hydrogens is 317 g/mol. The zero-order valence-electron chi connectivity index (χ0n) is 7.45. The lowest BCUT2D eigenvalue weighted by Gasteiger charge is -2.09. The molecule has 0 N–H and O–H groups in total. The molecule has 0 aliphatic rings. The van der Waals surface area contributed by atoms with Crippen molar-refractivity contribution in [3.05, 3.63) is 36.6 Å². The highest BCUT2D eigenvalue weighted by molar-refractivity contribution is 8.02. The van der Waals surface area contributed by atoms with Crippen molar-refractivity contribution in [2.24, 2.45) is 0 Å². The fourth-order valence-corrected chi connectivity index (χ4v) is 3.03. The summed E-state index contributed by atoms with van der Waals surface area (Å²) in [5, 5.41) is 3.09. The van der Waals surface area contributed by atoms with E-state index in [4.69, 9.17) is 58.0 Å². The van der Waals surface area contributed by atoms with Crippen molar-refractivity contribution in [1.29, 1.82) is 0 Å². The highest BCUT2D eigenvalue weighted by Gasteiger charge is 2.18. The third-order valence-electron chi connectivity index (χ3n) is 1.49. The maximum absolute atomic E-state index is 6.00. The van der Waals surface area contributed by atoms with Crippen molar-refractivity contribution >= 4 is 69.8 Å². The summed E-state index contributed by atoms with van der Waals surface area (Å²) in [7, 11) is 0. The predicted molar refractivity (Wildman–Crippen MR) is 72.2 cm³/mol. The second-order valence-electron chi connectivity index (χ2n) is 2.49. The summed E-state index contributed by atoms with van der Waals surface area (Å²) in [5.41, 5.74) is 0. The third kappa shape index (κ3) is 2.91. The standard InChI is InChI=1S/C9H5Cl5S/c1-2-3-15-9-7(13)5(11)4(10)6(12)8(9)14/h2-3H,1H3. The van der Waals surface area contributed by atoms with E-state index >= 15 is 0 Å². The molecule has 0 fully saturated rings. The maximum atomic E-state index is 6.00. The summed E-state index contributed by atoms with van der Waals surface area (Å²) in [6.45, 7) is 1.88. The van der Waals surface area contributed by atoms with Crippen LogP contribution in [0.15, 0.2) is 16.4 Å². The van der Waals surface area contributed by atoms with Gasteiger partial charge in [0.25, 0.3) is 0 Å². The molecule has 0 radical (unpaired) electrons. The van der Waals surface area contributed by atoms with Gasteiger partial charge in [0.15, 0.2) is 0 Å². The minimum Gasteiger partial charge on any atom is -0.0952 e. The Labute approximate surface area is 117 Å². The van der Waals surface area contributed by atoms with Crippen LogP contribution in [0.2, 0.25) is 25.1 Å². The lowest BCUT2D eigenvalue weighted by molar-refractivity contribution is 1.46. The summed E-state index contributed by atoms with van der Waals surface area (Å²) < 4.78 is 0. The van der Waals surface area contributed by atoms with Crippen LogP contribution in [0.5, 0.6) is 0 Å². The molecule has 0 heterocycles. The SMILES string of the molecule is CC=CSc1c(Cl)c(Cl)c(Cl)c(Cl)c1Cl. The van der Waals surface area contributed by atoms with E-state index in [-0.39, 0.29) is 15.1 Å². The second kappa shape index (κ2) is 5.90. The Morgan fingerprint density at radius 3 is 1.60 bits per heavy atom. The molecule has 0 amide bonds. The number of hydrogen-bond acceptors (Lipinski definition) is 1. The monoisotopic (exact) mass is 320 g/mol. The minimum atomic E-state index is 0.179. The van der Waals surface area contributed by atoms with E-state index in [0.717, 1.165) is 0 Å². The molecule has 0 atom stereocenters. The van der Waals surface area contributed by atoms with E-state index < -0.39 is 0 Å². The van der Waals surface area contributed by atoms with Crippen molar-refractivity contribution in [2.45, 2.75) is 11.8 Å². The van der Waals surface area contributed by atoms with Crippen LogP contribution >= 0.6 is 69.8 Å². The van der Waals surface area contributed by atoms with E-state index in [2.05, 4.69) is 0 Å². The lowest BCUT2D eigenvalue weighted by atomic mass is 10.3. The molecule has 15 heavy (non-hydrogen) atoms.